The number of nitrogens with zero attached hydrogens (tertiary/aromatic N) is 2. The van der Waals surface area contributed by atoms with Gasteiger partial charge in [-0.1, -0.05) is 67.8 Å². The molecule has 29 heavy (non-hydrogen) atoms. The van der Waals surface area contributed by atoms with Crippen LogP contribution in [0.4, 0.5) is 0 Å². The summed E-state index contributed by atoms with van der Waals surface area (Å²) in [6.07, 6.45) is 8.54. The van der Waals surface area contributed by atoms with E-state index in [0.29, 0.717) is 6.54 Å². The van der Waals surface area contributed by atoms with E-state index in [9.17, 15) is 4.79 Å². The van der Waals surface area contributed by atoms with Gasteiger partial charge in [-0.2, -0.15) is 5.10 Å². The van der Waals surface area contributed by atoms with Gasteiger partial charge in [-0.3, -0.25) is 9.48 Å². The Morgan fingerprint density at radius 2 is 1.79 bits per heavy atom. The first kappa shape index (κ1) is 19.4. The number of benzene rings is 2. The van der Waals surface area contributed by atoms with Crippen LogP contribution in [0.15, 0.2) is 67.0 Å². The molecule has 1 fully saturated rings. The Bertz CT molecular complexity index is 941. The Labute approximate surface area is 171 Å². The lowest BCUT2D eigenvalue weighted by Gasteiger charge is -2.31. The number of hydrogen-bond acceptors (Lipinski definition) is 3. The molecule has 0 atom stereocenters. The van der Waals surface area contributed by atoms with Crippen LogP contribution in [0.5, 0.6) is 0 Å². The van der Waals surface area contributed by atoms with Gasteiger partial charge in [0.2, 0.25) is 5.91 Å². The van der Waals surface area contributed by atoms with Crippen molar-refractivity contribution in [3.8, 4) is 11.1 Å². The zero-order valence-corrected chi connectivity index (χ0v) is 16.7. The van der Waals surface area contributed by atoms with Crippen LogP contribution in [-0.4, -0.2) is 21.2 Å². The van der Waals surface area contributed by atoms with Gasteiger partial charge < -0.3 is 11.1 Å². The molecule has 150 valence electrons. The summed E-state index contributed by atoms with van der Waals surface area (Å²) in [6.45, 7) is 1.24. The van der Waals surface area contributed by atoms with Crippen LogP contribution in [0.1, 0.15) is 43.2 Å². The minimum absolute atomic E-state index is 0.0263. The summed E-state index contributed by atoms with van der Waals surface area (Å²) in [7, 11) is 0. The molecule has 3 aromatic rings. The van der Waals surface area contributed by atoms with Crippen LogP contribution in [0.3, 0.4) is 0 Å². The molecule has 1 saturated carbocycles. The Morgan fingerprint density at radius 3 is 2.52 bits per heavy atom. The topological polar surface area (TPSA) is 72.9 Å². The highest BCUT2D eigenvalue weighted by atomic mass is 16.2. The Hall–Kier alpha value is -2.92. The predicted molar refractivity (Wildman–Crippen MR) is 115 cm³/mol. The van der Waals surface area contributed by atoms with Crippen molar-refractivity contribution in [1.82, 2.24) is 15.1 Å². The summed E-state index contributed by atoms with van der Waals surface area (Å²) in [4.78, 5) is 12.7. The number of nitrogens with two attached hydrogens (primary N) is 1. The summed E-state index contributed by atoms with van der Waals surface area (Å²) in [5.74, 6) is -0.0263. The van der Waals surface area contributed by atoms with E-state index >= 15 is 0 Å². The lowest BCUT2D eigenvalue weighted by molar-refractivity contribution is -0.127. The fourth-order valence-corrected chi connectivity index (χ4v) is 4.09. The van der Waals surface area contributed by atoms with Crippen LogP contribution in [0.2, 0.25) is 0 Å². The minimum atomic E-state index is -0.707. The monoisotopic (exact) mass is 388 g/mol. The molecule has 0 saturated heterocycles. The van der Waals surface area contributed by atoms with Crippen molar-refractivity contribution >= 4 is 5.91 Å². The number of aromatic nitrogens is 2. The summed E-state index contributed by atoms with van der Waals surface area (Å²) < 4.78 is 1.91. The molecule has 0 bridgehead atoms. The molecule has 0 radical (unpaired) electrons. The third kappa shape index (κ3) is 4.57. The van der Waals surface area contributed by atoms with Gasteiger partial charge in [-0.05, 0) is 41.2 Å². The zero-order chi connectivity index (χ0) is 20.1. The second-order valence-electron chi connectivity index (χ2n) is 7.96. The van der Waals surface area contributed by atoms with Gasteiger partial charge >= 0.3 is 0 Å². The van der Waals surface area contributed by atoms with Crippen LogP contribution < -0.4 is 11.1 Å². The molecule has 1 amide bonds. The first-order valence-electron chi connectivity index (χ1n) is 10.4. The van der Waals surface area contributed by atoms with E-state index in [4.69, 9.17) is 5.73 Å². The van der Waals surface area contributed by atoms with Gasteiger partial charge in [0.1, 0.15) is 0 Å². The quantitative estimate of drug-likeness (QED) is 0.673. The minimum Gasteiger partial charge on any atom is -0.350 e. The van der Waals surface area contributed by atoms with Crippen LogP contribution >= 0.6 is 0 Å². The SMILES string of the molecule is NC1(C(=O)NCc2ccccc2-c2ccc(Cn3cccn3)cc2)CCCCC1. The maximum Gasteiger partial charge on any atom is 0.240 e. The molecule has 0 spiro atoms. The summed E-state index contributed by atoms with van der Waals surface area (Å²) >= 11 is 0. The first-order chi connectivity index (χ1) is 14.1. The second-order valence-corrected chi connectivity index (χ2v) is 7.96. The van der Waals surface area contributed by atoms with E-state index in [1.807, 2.05) is 29.1 Å². The Morgan fingerprint density at radius 1 is 1.03 bits per heavy atom. The number of carbonyl (C=O) groups is 1. The van der Waals surface area contributed by atoms with E-state index in [1.165, 1.54) is 12.0 Å². The van der Waals surface area contributed by atoms with Crippen molar-refractivity contribution in [3.63, 3.8) is 0 Å². The highest BCUT2D eigenvalue weighted by Gasteiger charge is 2.34. The molecule has 1 aliphatic carbocycles. The van der Waals surface area contributed by atoms with E-state index in [-0.39, 0.29) is 5.91 Å². The Kier molecular flexibility index (Phi) is 5.76. The summed E-state index contributed by atoms with van der Waals surface area (Å²) in [6, 6.07) is 18.7. The van der Waals surface area contributed by atoms with E-state index in [2.05, 4.69) is 46.8 Å². The predicted octanol–water partition coefficient (Wildman–Crippen LogP) is 3.88. The summed E-state index contributed by atoms with van der Waals surface area (Å²) in [5, 5.41) is 7.34. The van der Waals surface area contributed by atoms with Crippen molar-refractivity contribution in [2.75, 3.05) is 0 Å². The molecular weight excluding hydrogens is 360 g/mol. The van der Waals surface area contributed by atoms with E-state index in [1.54, 1.807) is 6.20 Å². The first-order valence-corrected chi connectivity index (χ1v) is 10.4. The van der Waals surface area contributed by atoms with Gasteiger partial charge in [0, 0.05) is 18.9 Å². The molecule has 1 aromatic heterocycles. The summed E-state index contributed by atoms with van der Waals surface area (Å²) in [5.41, 5.74) is 10.2. The zero-order valence-electron chi connectivity index (χ0n) is 16.7. The molecule has 0 aliphatic heterocycles. The van der Waals surface area contributed by atoms with E-state index < -0.39 is 5.54 Å². The highest BCUT2D eigenvalue weighted by molar-refractivity contribution is 5.86. The molecule has 1 heterocycles. The fraction of sp³-hybridized carbons (Fsp3) is 0.333. The normalized spacial score (nSPS) is 15.8. The molecule has 3 N–H and O–H groups in total. The molecule has 5 heteroatoms. The van der Waals surface area contributed by atoms with Crippen molar-refractivity contribution in [2.45, 2.75) is 50.7 Å². The molecule has 1 aliphatic rings. The van der Waals surface area contributed by atoms with Gasteiger partial charge in [0.15, 0.2) is 0 Å². The smallest absolute Gasteiger partial charge is 0.240 e. The van der Waals surface area contributed by atoms with Crippen molar-refractivity contribution in [1.29, 1.82) is 0 Å². The maximum atomic E-state index is 12.7. The third-order valence-electron chi connectivity index (χ3n) is 5.82. The van der Waals surface area contributed by atoms with Crippen molar-refractivity contribution in [2.24, 2.45) is 5.73 Å². The van der Waals surface area contributed by atoms with E-state index in [0.717, 1.165) is 48.9 Å². The van der Waals surface area contributed by atoms with Gasteiger partial charge in [0.05, 0.1) is 12.1 Å². The molecular formula is C24H28N4O. The lowest BCUT2D eigenvalue weighted by Crippen LogP contribution is -2.54. The van der Waals surface area contributed by atoms with Gasteiger partial charge in [-0.25, -0.2) is 0 Å². The average Bonchev–Trinajstić information content (AvgIpc) is 3.26. The van der Waals surface area contributed by atoms with Gasteiger partial charge in [-0.15, -0.1) is 0 Å². The van der Waals surface area contributed by atoms with Gasteiger partial charge in [0.25, 0.3) is 0 Å². The largest absolute Gasteiger partial charge is 0.350 e. The molecule has 0 unspecified atom stereocenters. The number of rotatable bonds is 6. The highest BCUT2D eigenvalue weighted by Crippen LogP contribution is 2.27. The van der Waals surface area contributed by atoms with Crippen LogP contribution in [-0.2, 0) is 17.9 Å². The van der Waals surface area contributed by atoms with Crippen molar-refractivity contribution in [3.05, 3.63) is 78.1 Å². The number of amides is 1. The fourth-order valence-electron chi connectivity index (χ4n) is 4.09. The lowest BCUT2D eigenvalue weighted by atomic mass is 9.82. The average molecular weight is 389 g/mol. The number of nitrogens with one attached hydrogen (secondary N) is 1. The molecule has 4 rings (SSSR count). The Balaban J connectivity index is 1.46. The second kappa shape index (κ2) is 8.62. The third-order valence-corrected chi connectivity index (χ3v) is 5.82. The maximum absolute atomic E-state index is 12.7. The van der Waals surface area contributed by atoms with Crippen LogP contribution in [0.25, 0.3) is 11.1 Å². The van der Waals surface area contributed by atoms with Crippen LogP contribution in [0, 0.1) is 0 Å². The molecule has 5 nitrogen and oxygen atoms in total. The number of hydrogen-bond donors (Lipinski definition) is 2. The van der Waals surface area contributed by atoms with Crippen molar-refractivity contribution < 1.29 is 4.79 Å². The number of carbonyl (C=O) groups excluding carboxylic acids is 1. The molecule has 2 aromatic carbocycles. The standard InChI is InChI=1S/C24H28N4O/c25-24(13-4-1-5-14-24)23(29)26-17-21-7-2-3-8-22(21)20-11-9-19(10-12-20)18-28-16-6-15-27-28/h2-3,6-12,15-16H,1,4-5,13-14,17-18,25H2,(H,26,29).